The predicted octanol–water partition coefficient (Wildman–Crippen LogP) is 3.38. The lowest BCUT2D eigenvalue weighted by atomic mass is 10.1. The molecule has 2 rings (SSSR count). The molecule has 0 atom stereocenters. The van der Waals surface area contributed by atoms with Gasteiger partial charge in [-0.15, -0.1) is 0 Å². The zero-order valence-electron chi connectivity index (χ0n) is 7.99. The molecule has 0 unspecified atom stereocenters. The van der Waals surface area contributed by atoms with E-state index in [2.05, 4.69) is 0 Å². The minimum Gasteiger partial charge on any atom is -0.493 e. The highest BCUT2D eigenvalue weighted by atomic mass is 16.5. The first kappa shape index (κ1) is 8.88. The molecule has 2 aromatic carbocycles. The van der Waals surface area contributed by atoms with Gasteiger partial charge in [0.25, 0.3) is 0 Å². The van der Waals surface area contributed by atoms with Crippen molar-refractivity contribution in [3.05, 3.63) is 36.4 Å². The van der Waals surface area contributed by atoms with E-state index >= 15 is 0 Å². The molecular weight excluding hydrogens is 176 g/mol. The SMILES string of the molecule is CCOc1ccc([O])c2ccccc12. The van der Waals surface area contributed by atoms with Gasteiger partial charge in [-0.3, -0.25) is 5.11 Å². The third-order valence-electron chi connectivity index (χ3n) is 2.14. The van der Waals surface area contributed by atoms with Crippen molar-refractivity contribution in [3.8, 4) is 11.5 Å². The van der Waals surface area contributed by atoms with E-state index in [-0.39, 0.29) is 5.75 Å². The van der Waals surface area contributed by atoms with Crippen LogP contribution in [0.5, 0.6) is 11.5 Å². The number of benzene rings is 2. The number of hydrogen-bond donors (Lipinski definition) is 0. The van der Waals surface area contributed by atoms with Crippen LogP contribution in [0.4, 0.5) is 0 Å². The van der Waals surface area contributed by atoms with Crippen LogP contribution in [0.1, 0.15) is 6.92 Å². The van der Waals surface area contributed by atoms with Crippen LogP contribution in [0.3, 0.4) is 0 Å². The molecular formula is C12H11O2. The van der Waals surface area contributed by atoms with Crippen LogP contribution in [-0.2, 0) is 5.11 Å². The Morgan fingerprint density at radius 3 is 2.50 bits per heavy atom. The van der Waals surface area contributed by atoms with Gasteiger partial charge in [0.1, 0.15) is 5.75 Å². The van der Waals surface area contributed by atoms with Crippen LogP contribution in [0, 0.1) is 0 Å². The highest BCUT2D eigenvalue weighted by Crippen LogP contribution is 2.32. The van der Waals surface area contributed by atoms with Gasteiger partial charge in [0.2, 0.25) is 0 Å². The first-order chi connectivity index (χ1) is 6.83. The largest absolute Gasteiger partial charge is 0.493 e. The molecule has 71 valence electrons. The molecule has 0 aliphatic heterocycles. The molecule has 0 bridgehead atoms. The highest BCUT2D eigenvalue weighted by Gasteiger charge is 2.05. The average Bonchev–Trinajstić information content (AvgIpc) is 2.23. The normalized spacial score (nSPS) is 10.4. The van der Waals surface area contributed by atoms with E-state index in [1.54, 1.807) is 12.1 Å². The fourth-order valence-corrected chi connectivity index (χ4v) is 1.53. The Balaban J connectivity index is 2.68. The lowest BCUT2D eigenvalue weighted by molar-refractivity contribution is 0.340. The molecule has 14 heavy (non-hydrogen) atoms. The van der Waals surface area contributed by atoms with Crippen molar-refractivity contribution in [1.82, 2.24) is 0 Å². The lowest BCUT2D eigenvalue weighted by Crippen LogP contribution is -1.91. The van der Waals surface area contributed by atoms with Gasteiger partial charge in [-0.1, -0.05) is 24.3 Å². The fourth-order valence-electron chi connectivity index (χ4n) is 1.53. The zero-order valence-corrected chi connectivity index (χ0v) is 7.99. The first-order valence-electron chi connectivity index (χ1n) is 4.64. The summed E-state index contributed by atoms with van der Waals surface area (Å²) in [5.41, 5.74) is 0. The van der Waals surface area contributed by atoms with E-state index in [0.717, 1.165) is 16.5 Å². The molecule has 0 saturated carbocycles. The Morgan fingerprint density at radius 1 is 1.07 bits per heavy atom. The van der Waals surface area contributed by atoms with E-state index in [1.807, 2.05) is 31.2 Å². The number of hydrogen-bond acceptors (Lipinski definition) is 1. The molecule has 0 amide bonds. The fraction of sp³-hybridized carbons (Fsp3) is 0.167. The van der Waals surface area contributed by atoms with E-state index < -0.39 is 0 Å². The maximum atomic E-state index is 11.5. The minimum atomic E-state index is 0.0454. The predicted molar refractivity (Wildman–Crippen MR) is 55.2 cm³/mol. The van der Waals surface area contributed by atoms with E-state index in [9.17, 15) is 5.11 Å². The maximum absolute atomic E-state index is 11.5. The van der Waals surface area contributed by atoms with Crippen LogP contribution in [0.2, 0.25) is 0 Å². The molecule has 2 aromatic rings. The summed E-state index contributed by atoms with van der Waals surface area (Å²) in [6.45, 7) is 2.54. The molecule has 0 fully saturated rings. The summed E-state index contributed by atoms with van der Waals surface area (Å²) in [5.74, 6) is 0.826. The molecule has 1 radical (unpaired) electrons. The van der Waals surface area contributed by atoms with Crippen molar-refractivity contribution in [1.29, 1.82) is 0 Å². The van der Waals surface area contributed by atoms with Crippen LogP contribution < -0.4 is 4.74 Å². The molecule has 0 aliphatic rings. The Labute approximate surface area is 82.8 Å². The Bertz CT molecular complexity index is 449. The van der Waals surface area contributed by atoms with E-state index in [4.69, 9.17) is 4.74 Å². The Morgan fingerprint density at radius 2 is 1.79 bits per heavy atom. The van der Waals surface area contributed by atoms with Gasteiger partial charge in [-0.05, 0) is 19.1 Å². The van der Waals surface area contributed by atoms with Gasteiger partial charge in [-0.25, -0.2) is 0 Å². The smallest absolute Gasteiger partial charge is 0.186 e. The van der Waals surface area contributed by atoms with Crippen LogP contribution in [0.25, 0.3) is 10.8 Å². The van der Waals surface area contributed by atoms with Crippen molar-refractivity contribution in [3.63, 3.8) is 0 Å². The summed E-state index contributed by atoms with van der Waals surface area (Å²) in [7, 11) is 0. The molecule has 0 spiro atoms. The summed E-state index contributed by atoms with van der Waals surface area (Å²) in [6, 6.07) is 10.8. The second kappa shape index (κ2) is 3.58. The quantitative estimate of drug-likeness (QED) is 0.708. The van der Waals surface area contributed by atoms with Crippen molar-refractivity contribution in [2.75, 3.05) is 6.61 Å². The number of ether oxygens (including phenoxy) is 1. The van der Waals surface area contributed by atoms with Crippen molar-refractivity contribution >= 4 is 10.8 Å². The highest BCUT2D eigenvalue weighted by molar-refractivity contribution is 5.92. The van der Waals surface area contributed by atoms with Gasteiger partial charge in [-0.2, -0.15) is 0 Å². The van der Waals surface area contributed by atoms with Gasteiger partial charge < -0.3 is 4.74 Å². The van der Waals surface area contributed by atoms with E-state index in [0.29, 0.717) is 6.61 Å². The monoisotopic (exact) mass is 187 g/mol. The van der Waals surface area contributed by atoms with Crippen molar-refractivity contribution in [2.45, 2.75) is 6.92 Å². The topological polar surface area (TPSA) is 29.1 Å². The molecule has 0 N–H and O–H groups in total. The van der Waals surface area contributed by atoms with Crippen molar-refractivity contribution < 1.29 is 9.84 Å². The summed E-state index contributed by atoms with van der Waals surface area (Å²) in [6.07, 6.45) is 0. The molecule has 0 saturated heterocycles. The summed E-state index contributed by atoms with van der Waals surface area (Å²) in [4.78, 5) is 0. The third kappa shape index (κ3) is 1.39. The molecule has 0 aliphatic carbocycles. The number of fused-ring (bicyclic) bond motifs is 1. The van der Waals surface area contributed by atoms with Crippen molar-refractivity contribution in [2.24, 2.45) is 0 Å². The maximum Gasteiger partial charge on any atom is 0.186 e. The third-order valence-corrected chi connectivity index (χ3v) is 2.14. The van der Waals surface area contributed by atoms with Crippen LogP contribution in [-0.4, -0.2) is 6.61 Å². The van der Waals surface area contributed by atoms with Gasteiger partial charge in [0.05, 0.1) is 6.61 Å². The molecule has 0 heterocycles. The summed E-state index contributed by atoms with van der Waals surface area (Å²) < 4.78 is 5.44. The minimum absolute atomic E-state index is 0.0454. The van der Waals surface area contributed by atoms with Gasteiger partial charge in [0, 0.05) is 10.8 Å². The average molecular weight is 187 g/mol. The van der Waals surface area contributed by atoms with E-state index in [1.165, 1.54) is 0 Å². The molecule has 2 nitrogen and oxygen atoms in total. The van der Waals surface area contributed by atoms with Crippen LogP contribution >= 0.6 is 0 Å². The number of rotatable bonds is 2. The second-order valence-corrected chi connectivity index (χ2v) is 3.04. The van der Waals surface area contributed by atoms with Gasteiger partial charge >= 0.3 is 0 Å². The lowest BCUT2D eigenvalue weighted by Gasteiger charge is -2.06. The Hall–Kier alpha value is -1.70. The standard InChI is InChI=1S/C12H11O2/c1-2-14-12-8-7-11(13)9-5-3-4-6-10(9)12/h3-8H,2H2,1H3. The van der Waals surface area contributed by atoms with Crippen LogP contribution in [0.15, 0.2) is 36.4 Å². The summed E-state index contributed by atoms with van der Waals surface area (Å²) in [5, 5.41) is 13.1. The Kier molecular flexibility index (Phi) is 2.27. The zero-order chi connectivity index (χ0) is 9.97. The molecule has 2 heteroatoms. The summed E-state index contributed by atoms with van der Waals surface area (Å²) >= 11 is 0. The van der Waals surface area contributed by atoms with Gasteiger partial charge in [0.15, 0.2) is 5.75 Å². The first-order valence-corrected chi connectivity index (χ1v) is 4.64. The second-order valence-electron chi connectivity index (χ2n) is 3.04. The molecule has 0 aromatic heterocycles.